The molecular formula is C25H29F3. The zero-order chi connectivity index (χ0) is 20.0. The van der Waals surface area contributed by atoms with Crippen molar-refractivity contribution in [3.8, 4) is 11.8 Å². The highest BCUT2D eigenvalue weighted by molar-refractivity contribution is 5.83. The van der Waals surface area contributed by atoms with E-state index in [4.69, 9.17) is 0 Å². The molecule has 1 aliphatic carbocycles. The lowest BCUT2D eigenvalue weighted by Crippen LogP contribution is -2.39. The second-order valence-electron chi connectivity index (χ2n) is 8.13. The lowest BCUT2D eigenvalue weighted by Gasteiger charge is -2.33. The van der Waals surface area contributed by atoms with Gasteiger partial charge in [0.05, 0.1) is 0 Å². The molecule has 1 fully saturated rings. The second kappa shape index (κ2) is 9.50. The molecule has 0 aromatic heterocycles. The Morgan fingerprint density at radius 2 is 1.79 bits per heavy atom. The van der Waals surface area contributed by atoms with Crippen molar-refractivity contribution in [1.29, 1.82) is 0 Å². The van der Waals surface area contributed by atoms with E-state index in [1.165, 1.54) is 37.8 Å². The molecule has 3 atom stereocenters. The number of hydrogen-bond acceptors (Lipinski definition) is 0. The number of fused-ring (bicyclic) bond motifs is 1. The second-order valence-corrected chi connectivity index (χ2v) is 8.13. The number of rotatable bonds is 6. The highest BCUT2D eigenvalue weighted by atomic mass is 19.2. The largest absolute Gasteiger partial charge is 0.243 e. The number of halogens is 3. The molecule has 0 spiro atoms. The van der Waals surface area contributed by atoms with E-state index in [2.05, 4.69) is 18.8 Å². The number of hydrogen-bond donors (Lipinski definition) is 0. The van der Waals surface area contributed by atoms with Crippen molar-refractivity contribution in [2.24, 2.45) is 5.92 Å². The molecule has 150 valence electrons. The van der Waals surface area contributed by atoms with E-state index in [1.54, 1.807) is 24.3 Å². The summed E-state index contributed by atoms with van der Waals surface area (Å²) in [5, 5.41) is 1.60. The Bertz CT molecular complexity index is 848. The molecule has 3 rings (SSSR count). The van der Waals surface area contributed by atoms with E-state index in [-0.39, 0.29) is 24.6 Å². The molecule has 0 saturated heterocycles. The van der Waals surface area contributed by atoms with Gasteiger partial charge in [0.15, 0.2) is 0 Å². The van der Waals surface area contributed by atoms with Crippen molar-refractivity contribution in [1.82, 2.24) is 0 Å². The van der Waals surface area contributed by atoms with Gasteiger partial charge in [-0.1, -0.05) is 69.4 Å². The summed E-state index contributed by atoms with van der Waals surface area (Å²) in [6, 6.07) is 9.79. The summed E-state index contributed by atoms with van der Waals surface area (Å²) in [6.45, 7) is 2.19. The first kappa shape index (κ1) is 20.8. The fraction of sp³-hybridized carbons (Fsp3) is 0.520. The van der Waals surface area contributed by atoms with E-state index in [1.807, 2.05) is 0 Å². The third-order valence-electron chi connectivity index (χ3n) is 5.89. The Kier molecular flexibility index (Phi) is 7.05. The summed E-state index contributed by atoms with van der Waals surface area (Å²) in [6.07, 6.45) is 6.62. The van der Waals surface area contributed by atoms with E-state index >= 15 is 4.39 Å². The first-order chi connectivity index (χ1) is 13.5. The Labute approximate surface area is 166 Å². The summed E-state index contributed by atoms with van der Waals surface area (Å²) < 4.78 is 42.9. The molecule has 0 bridgehead atoms. The van der Waals surface area contributed by atoms with Gasteiger partial charge in [-0.3, -0.25) is 0 Å². The summed E-state index contributed by atoms with van der Waals surface area (Å²) >= 11 is 0. The maximum absolute atomic E-state index is 15.1. The average Bonchev–Trinajstić information content (AvgIpc) is 2.69. The minimum absolute atomic E-state index is 0.166. The van der Waals surface area contributed by atoms with E-state index in [9.17, 15) is 8.78 Å². The summed E-state index contributed by atoms with van der Waals surface area (Å²) in [5.41, 5.74) is -1.43. The van der Waals surface area contributed by atoms with Crippen molar-refractivity contribution in [2.75, 3.05) is 0 Å². The highest BCUT2D eigenvalue weighted by Gasteiger charge is 2.43. The normalized spacial score (nSPS) is 24.7. The van der Waals surface area contributed by atoms with Crippen LogP contribution in [0.4, 0.5) is 13.2 Å². The Morgan fingerprint density at radius 1 is 1.04 bits per heavy atom. The number of unbranched alkanes of at least 4 members (excludes halogenated alkanes) is 4. The van der Waals surface area contributed by atoms with Crippen molar-refractivity contribution in [3.63, 3.8) is 0 Å². The van der Waals surface area contributed by atoms with Crippen molar-refractivity contribution < 1.29 is 13.2 Å². The van der Waals surface area contributed by atoms with Crippen molar-refractivity contribution >= 4 is 10.8 Å². The molecule has 0 heterocycles. The quantitative estimate of drug-likeness (QED) is 0.355. The third kappa shape index (κ3) is 5.31. The summed E-state index contributed by atoms with van der Waals surface area (Å²) in [7, 11) is 0. The Morgan fingerprint density at radius 3 is 2.57 bits per heavy atom. The van der Waals surface area contributed by atoms with Gasteiger partial charge >= 0.3 is 0 Å². The summed E-state index contributed by atoms with van der Waals surface area (Å²) in [5.74, 6) is 5.37. The van der Waals surface area contributed by atoms with Gasteiger partial charge in [-0.15, -0.1) is 0 Å². The zero-order valence-electron chi connectivity index (χ0n) is 16.6. The minimum atomic E-state index is -2.06. The molecular weight excluding hydrogens is 357 g/mol. The van der Waals surface area contributed by atoms with Crippen LogP contribution in [0.1, 0.15) is 70.3 Å². The van der Waals surface area contributed by atoms with Crippen molar-refractivity contribution in [3.05, 3.63) is 47.8 Å². The molecule has 2 aromatic carbocycles. The average molecular weight is 387 g/mol. The Hall–Kier alpha value is -1.95. The van der Waals surface area contributed by atoms with Gasteiger partial charge in [0, 0.05) is 5.56 Å². The van der Waals surface area contributed by atoms with Crippen LogP contribution in [0.5, 0.6) is 0 Å². The summed E-state index contributed by atoms with van der Waals surface area (Å²) in [4.78, 5) is 0. The maximum Gasteiger partial charge on any atom is 0.202 e. The van der Waals surface area contributed by atoms with Gasteiger partial charge in [-0.25, -0.2) is 13.2 Å². The van der Waals surface area contributed by atoms with Crippen LogP contribution in [0, 0.1) is 23.6 Å². The van der Waals surface area contributed by atoms with Crippen LogP contribution in [0.2, 0.25) is 0 Å². The molecule has 0 radical (unpaired) electrons. The van der Waals surface area contributed by atoms with Crippen LogP contribution >= 0.6 is 0 Å². The maximum atomic E-state index is 15.1. The fourth-order valence-corrected chi connectivity index (χ4v) is 4.08. The lowest BCUT2D eigenvalue weighted by atomic mass is 9.77. The first-order valence-electron chi connectivity index (χ1n) is 10.6. The number of alkyl halides is 2. The first-order valence-corrected chi connectivity index (χ1v) is 10.6. The molecule has 1 aliphatic rings. The topological polar surface area (TPSA) is 0 Å². The van der Waals surface area contributed by atoms with Gasteiger partial charge in [-0.05, 0) is 60.2 Å². The predicted octanol–water partition coefficient (Wildman–Crippen LogP) is 7.54. The molecule has 0 aliphatic heterocycles. The minimum Gasteiger partial charge on any atom is -0.243 e. The molecule has 3 unspecified atom stereocenters. The van der Waals surface area contributed by atoms with E-state index in [0.29, 0.717) is 12.0 Å². The Balaban J connectivity index is 1.60. The van der Waals surface area contributed by atoms with Gasteiger partial charge in [0.25, 0.3) is 0 Å². The van der Waals surface area contributed by atoms with Gasteiger partial charge in [-0.2, -0.15) is 0 Å². The zero-order valence-corrected chi connectivity index (χ0v) is 16.6. The van der Waals surface area contributed by atoms with Crippen LogP contribution < -0.4 is 0 Å². The van der Waals surface area contributed by atoms with Crippen molar-refractivity contribution in [2.45, 2.75) is 76.6 Å². The smallest absolute Gasteiger partial charge is 0.202 e. The molecule has 0 amide bonds. The molecule has 28 heavy (non-hydrogen) atoms. The lowest BCUT2D eigenvalue weighted by molar-refractivity contribution is 0.0357. The SMILES string of the molecule is CCCCCCCC1CCC(F)(C#Cc2ccc3cc(F)ccc3c2)C(F)C1. The standard InChI is InChI=1S/C25H29F3/c1-2-3-4-5-6-7-19-12-14-25(28,24(27)17-19)15-13-20-8-9-22-18-23(26)11-10-21(22)16-20/h8-11,16,18-19,24H,2-7,12,14,17H2,1H3. The van der Waals surface area contributed by atoms with E-state index < -0.39 is 11.8 Å². The van der Waals surface area contributed by atoms with E-state index in [0.717, 1.165) is 23.6 Å². The van der Waals surface area contributed by atoms with Gasteiger partial charge in [0.1, 0.15) is 12.0 Å². The highest BCUT2D eigenvalue weighted by Crippen LogP contribution is 2.39. The van der Waals surface area contributed by atoms with Crippen LogP contribution in [0.25, 0.3) is 10.8 Å². The molecule has 0 N–H and O–H groups in total. The van der Waals surface area contributed by atoms with Gasteiger partial charge < -0.3 is 0 Å². The number of benzene rings is 2. The van der Waals surface area contributed by atoms with Crippen LogP contribution in [0.15, 0.2) is 36.4 Å². The molecule has 3 heteroatoms. The molecule has 0 nitrogen and oxygen atoms in total. The van der Waals surface area contributed by atoms with Crippen LogP contribution in [-0.2, 0) is 0 Å². The molecule has 2 aromatic rings. The monoisotopic (exact) mass is 386 g/mol. The predicted molar refractivity (Wildman–Crippen MR) is 110 cm³/mol. The van der Waals surface area contributed by atoms with Crippen LogP contribution in [-0.4, -0.2) is 11.8 Å². The molecule has 1 saturated carbocycles. The van der Waals surface area contributed by atoms with Gasteiger partial charge in [0.2, 0.25) is 5.67 Å². The third-order valence-corrected chi connectivity index (χ3v) is 5.89. The van der Waals surface area contributed by atoms with Crippen LogP contribution in [0.3, 0.4) is 0 Å². The fourth-order valence-electron chi connectivity index (χ4n) is 4.08.